The minimum Gasteiger partial charge on any atom is -0.394 e. The Bertz CT molecular complexity index is 106. The molecular weight excluding hydrogens is 168 g/mol. The van der Waals surface area contributed by atoms with Crippen LogP contribution in [0.2, 0.25) is 0 Å². The summed E-state index contributed by atoms with van der Waals surface area (Å²) in [6, 6.07) is 0. The Morgan fingerprint density at radius 2 is 1.92 bits per heavy atom. The standard InChI is InChI=1S/C10H22O3/c1-3-5-9(4-2)7-13-8-10(12)6-11/h9-12H,3-8H2,1-2H3. The van der Waals surface area contributed by atoms with Gasteiger partial charge in [-0.3, -0.25) is 0 Å². The van der Waals surface area contributed by atoms with Crippen molar-refractivity contribution in [3.63, 3.8) is 0 Å². The van der Waals surface area contributed by atoms with Crippen molar-refractivity contribution >= 4 is 0 Å². The number of aliphatic hydroxyl groups excluding tert-OH is 2. The van der Waals surface area contributed by atoms with Crippen molar-refractivity contribution in [1.29, 1.82) is 0 Å². The van der Waals surface area contributed by atoms with Gasteiger partial charge in [-0.2, -0.15) is 0 Å². The molecule has 2 atom stereocenters. The largest absolute Gasteiger partial charge is 0.394 e. The Morgan fingerprint density at radius 1 is 1.23 bits per heavy atom. The maximum Gasteiger partial charge on any atom is 0.100 e. The predicted molar refractivity (Wildman–Crippen MR) is 52.6 cm³/mol. The molecule has 0 aliphatic heterocycles. The minimum atomic E-state index is -0.723. The van der Waals surface area contributed by atoms with Gasteiger partial charge in [0.25, 0.3) is 0 Å². The molecule has 2 unspecified atom stereocenters. The van der Waals surface area contributed by atoms with Gasteiger partial charge in [0.1, 0.15) is 6.10 Å². The fourth-order valence-electron chi connectivity index (χ4n) is 1.24. The third-order valence-corrected chi connectivity index (χ3v) is 2.15. The lowest BCUT2D eigenvalue weighted by molar-refractivity contribution is -0.00586. The number of aliphatic hydroxyl groups is 2. The zero-order valence-electron chi connectivity index (χ0n) is 8.70. The van der Waals surface area contributed by atoms with Gasteiger partial charge >= 0.3 is 0 Å². The van der Waals surface area contributed by atoms with Crippen LogP contribution in [0.4, 0.5) is 0 Å². The quantitative estimate of drug-likeness (QED) is 0.604. The van der Waals surface area contributed by atoms with E-state index in [-0.39, 0.29) is 13.2 Å². The molecule has 80 valence electrons. The molecule has 2 N–H and O–H groups in total. The van der Waals surface area contributed by atoms with E-state index in [9.17, 15) is 0 Å². The van der Waals surface area contributed by atoms with Crippen molar-refractivity contribution < 1.29 is 14.9 Å². The molecule has 0 saturated heterocycles. The van der Waals surface area contributed by atoms with E-state index in [1.54, 1.807) is 0 Å². The Hall–Kier alpha value is -0.120. The van der Waals surface area contributed by atoms with Crippen molar-refractivity contribution in [2.45, 2.75) is 39.2 Å². The van der Waals surface area contributed by atoms with Gasteiger partial charge in [-0.1, -0.05) is 26.7 Å². The third kappa shape index (κ3) is 6.99. The van der Waals surface area contributed by atoms with Crippen LogP contribution in [0.15, 0.2) is 0 Å². The summed E-state index contributed by atoms with van der Waals surface area (Å²) < 4.78 is 5.28. The highest BCUT2D eigenvalue weighted by atomic mass is 16.5. The zero-order valence-corrected chi connectivity index (χ0v) is 8.70. The molecular formula is C10H22O3. The first-order chi connectivity index (χ1) is 6.24. The summed E-state index contributed by atoms with van der Waals surface area (Å²) in [6.45, 7) is 5.03. The first kappa shape index (κ1) is 12.9. The van der Waals surface area contributed by atoms with Crippen LogP contribution in [0.1, 0.15) is 33.1 Å². The predicted octanol–water partition coefficient (Wildman–Crippen LogP) is 1.18. The summed E-state index contributed by atoms with van der Waals surface area (Å²) in [4.78, 5) is 0. The maximum atomic E-state index is 9.00. The first-order valence-corrected chi connectivity index (χ1v) is 5.11. The van der Waals surface area contributed by atoms with Crippen LogP contribution in [0.5, 0.6) is 0 Å². The minimum absolute atomic E-state index is 0.218. The van der Waals surface area contributed by atoms with Crippen LogP contribution in [-0.4, -0.2) is 36.1 Å². The van der Waals surface area contributed by atoms with Gasteiger partial charge in [0, 0.05) is 6.61 Å². The fourth-order valence-corrected chi connectivity index (χ4v) is 1.24. The summed E-state index contributed by atoms with van der Waals surface area (Å²) in [6.07, 6.45) is 2.73. The lowest BCUT2D eigenvalue weighted by Crippen LogP contribution is -2.21. The van der Waals surface area contributed by atoms with E-state index >= 15 is 0 Å². The molecule has 0 saturated carbocycles. The summed E-state index contributed by atoms with van der Waals surface area (Å²) >= 11 is 0. The van der Waals surface area contributed by atoms with Gasteiger partial charge < -0.3 is 14.9 Å². The summed E-state index contributed by atoms with van der Waals surface area (Å²) in [7, 11) is 0. The molecule has 0 heterocycles. The molecule has 0 aromatic rings. The molecule has 0 aliphatic carbocycles. The number of rotatable bonds is 8. The second kappa shape index (κ2) is 8.48. The highest BCUT2D eigenvalue weighted by molar-refractivity contribution is 4.56. The molecule has 3 heteroatoms. The van der Waals surface area contributed by atoms with Crippen LogP contribution >= 0.6 is 0 Å². The molecule has 0 rings (SSSR count). The maximum absolute atomic E-state index is 9.00. The van der Waals surface area contributed by atoms with Crippen LogP contribution in [0.25, 0.3) is 0 Å². The van der Waals surface area contributed by atoms with Crippen molar-refractivity contribution in [1.82, 2.24) is 0 Å². The van der Waals surface area contributed by atoms with Gasteiger partial charge in [-0.05, 0) is 12.3 Å². The number of hydrogen-bond acceptors (Lipinski definition) is 3. The van der Waals surface area contributed by atoms with Gasteiger partial charge in [-0.25, -0.2) is 0 Å². The molecule has 0 aromatic heterocycles. The Kier molecular flexibility index (Phi) is 8.40. The summed E-state index contributed by atoms with van der Waals surface area (Å²) in [5.74, 6) is 0.593. The van der Waals surface area contributed by atoms with Crippen LogP contribution < -0.4 is 0 Å². The lowest BCUT2D eigenvalue weighted by Gasteiger charge is -2.15. The second-order valence-electron chi connectivity index (χ2n) is 3.44. The highest BCUT2D eigenvalue weighted by Crippen LogP contribution is 2.10. The van der Waals surface area contributed by atoms with Gasteiger partial charge in [-0.15, -0.1) is 0 Å². The Labute approximate surface area is 80.7 Å². The SMILES string of the molecule is CCCC(CC)COCC(O)CO. The van der Waals surface area contributed by atoms with E-state index in [4.69, 9.17) is 14.9 Å². The van der Waals surface area contributed by atoms with E-state index in [2.05, 4.69) is 13.8 Å². The Balaban J connectivity index is 3.37. The van der Waals surface area contributed by atoms with Gasteiger partial charge in [0.05, 0.1) is 13.2 Å². The average Bonchev–Trinajstić information content (AvgIpc) is 2.16. The van der Waals surface area contributed by atoms with E-state index in [0.717, 1.165) is 6.42 Å². The van der Waals surface area contributed by atoms with Gasteiger partial charge in [0.2, 0.25) is 0 Å². The smallest absolute Gasteiger partial charge is 0.100 e. The average molecular weight is 190 g/mol. The molecule has 0 aromatic carbocycles. The highest BCUT2D eigenvalue weighted by Gasteiger charge is 2.07. The van der Waals surface area contributed by atoms with E-state index in [1.807, 2.05) is 0 Å². The Morgan fingerprint density at radius 3 is 2.38 bits per heavy atom. The molecule has 0 bridgehead atoms. The van der Waals surface area contributed by atoms with Crippen molar-refractivity contribution in [3.05, 3.63) is 0 Å². The topological polar surface area (TPSA) is 49.7 Å². The van der Waals surface area contributed by atoms with Crippen molar-refractivity contribution in [2.24, 2.45) is 5.92 Å². The van der Waals surface area contributed by atoms with Crippen LogP contribution in [-0.2, 0) is 4.74 Å². The second-order valence-corrected chi connectivity index (χ2v) is 3.44. The molecule has 0 aliphatic rings. The van der Waals surface area contributed by atoms with Gasteiger partial charge in [0.15, 0.2) is 0 Å². The number of ether oxygens (including phenoxy) is 1. The molecule has 0 radical (unpaired) electrons. The zero-order chi connectivity index (χ0) is 10.1. The first-order valence-electron chi connectivity index (χ1n) is 5.11. The third-order valence-electron chi connectivity index (χ3n) is 2.15. The number of hydrogen-bond donors (Lipinski definition) is 2. The van der Waals surface area contributed by atoms with Crippen molar-refractivity contribution in [2.75, 3.05) is 19.8 Å². The lowest BCUT2D eigenvalue weighted by atomic mass is 10.0. The molecule has 0 amide bonds. The van der Waals surface area contributed by atoms with E-state index in [0.29, 0.717) is 12.5 Å². The summed E-state index contributed by atoms with van der Waals surface area (Å²) in [5.41, 5.74) is 0. The fraction of sp³-hybridized carbons (Fsp3) is 1.00. The van der Waals surface area contributed by atoms with Crippen molar-refractivity contribution in [3.8, 4) is 0 Å². The molecule has 3 nitrogen and oxygen atoms in total. The van der Waals surface area contributed by atoms with E-state index < -0.39 is 6.10 Å². The normalized spacial score (nSPS) is 15.7. The molecule has 0 fully saturated rings. The van der Waals surface area contributed by atoms with Crippen LogP contribution in [0, 0.1) is 5.92 Å². The molecule has 13 heavy (non-hydrogen) atoms. The monoisotopic (exact) mass is 190 g/mol. The van der Waals surface area contributed by atoms with Crippen LogP contribution in [0.3, 0.4) is 0 Å². The van der Waals surface area contributed by atoms with E-state index in [1.165, 1.54) is 12.8 Å². The molecule has 0 spiro atoms. The summed E-state index contributed by atoms with van der Waals surface area (Å²) in [5, 5.41) is 17.5.